The monoisotopic (exact) mass is 566 g/mol. The van der Waals surface area contributed by atoms with Crippen LogP contribution in [0.5, 0.6) is 0 Å². The minimum atomic E-state index is -0.643. The Balaban J connectivity index is 1.51. The zero-order valence-electron chi connectivity index (χ0n) is 25.0. The van der Waals surface area contributed by atoms with E-state index in [1.54, 1.807) is 41.5 Å². The summed E-state index contributed by atoms with van der Waals surface area (Å²) in [5.74, 6) is -1.25. The van der Waals surface area contributed by atoms with Crippen LogP contribution in [0.15, 0.2) is 48.5 Å². The lowest BCUT2D eigenvalue weighted by molar-refractivity contribution is -0.155. The van der Waals surface area contributed by atoms with Crippen molar-refractivity contribution in [3.8, 4) is 11.1 Å². The summed E-state index contributed by atoms with van der Waals surface area (Å²) in [6.45, 7) is 11.0. The van der Waals surface area contributed by atoms with Gasteiger partial charge in [0.1, 0.15) is 17.8 Å². The summed E-state index contributed by atoms with van der Waals surface area (Å²) in [7, 11) is 0. The second kappa shape index (κ2) is 13.7. The molecule has 41 heavy (non-hydrogen) atoms. The van der Waals surface area contributed by atoms with Crippen molar-refractivity contribution < 1.29 is 33.4 Å². The number of esters is 2. The van der Waals surface area contributed by atoms with E-state index in [2.05, 4.69) is 17.4 Å². The van der Waals surface area contributed by atoms with Crippen molar-refractivity contribution in [2.75, 3.05) is 26.2 Å². The van der Waals surface area contributed by atoms with Crippen LogP contribution in [0.4, 0.5) is 4.79 Å². The molecule has 3 rings (SSSR count). The zero-order valence-corrected chi connectivity index (χ0v) is 25.0. The number of carbonyl (C=O) groups excluding carboxylic acids is 4. The maximum Gasteiger partial charge on any atom is 0.407 e. The fourth-order valence-electron chi connectivity index (χ4n) is 4.68. The Hall–Kier alpha value is -3.88. The number of nitrogens with one attached hydrogen (secondary N) is 1. The number of amides is 2. The van der Waals surface area contributed by atoms with Crippen molar-refractivity contribution in [2.24, 2.45) is 0 Å². The highest BCUT2D eigenvalue weighted by Gasteiger charge is 2.29. The van der Waals surface area contributed by atoms with E-state index in [1.807, 2.05) is 36.4 Å². The fourth-order valence-corrected chi connectivity index (χ4v) is 4.68. The smallest absolute Gasteiger partial charge is 0.407 e. The van der Waals surface area contributed by atoms with Gasteiger partial charge in [-0.3, -0.25) is 14.4 Å². The first kappa shape index (κ1) is 31.6. The van der Waals surface area contributed by atoms with Gasteiger partial charge in [0.25, 0.3) is 0 Å². The summed E-state index contributed by atoms with van der Waals surface area (Å²) in [6.07, 6.45) is -0.671. The average Bonchev–Trinajstić information content (AvgIpc) is 3.19. The molecule has 0 atom stereocenters. The van der Waals surface area contributed by atoms with Crippen LogP contribution in [0.25, 0.3) is 11.1 Å². The zero-order chi connectivity index (χ0) is 30.2. The van der Waals surface area contributed by atoms with Gasteiger partial charge in [-0.1, -0.05) is 48.5 Å². The number of benzene rings is 2. The number of hydrogen-bond acceptors (Lipinski definition) is 7. The quantitative estimate of drug-likeness (QED) is 0.294. The topological polar surface area (TPSA) is 111 Å². The molecule has 1 aliphatic rings. The molecule has 9 nitrogen and oxygen atoms in total. The molecule has 0 aliphatic heterocycles. The fraction of sp³-hybridized carbons (Fsp3) is 0.500. The molecule has 0 fully saturated rings. The van der Waals surface area contributed by atoms with Gasteiger partial charge in [0, 0.05) is 32.0 Å². The van der Waals surface area contributed by atoms with E-state index in [0.29, 0.717) is 0 Å². The molecule has 2 amide bonds. The van der Waals surface area contributed by atoms with Crippen LogP contribution in [0.1, 0.15) is 77.8 Å². The highest BCUT2D eigenvalue weighted by Crippen LogP contribution is 2.44. The summed E-state index contributed by atoms with van der Waals surface area (Å²) in [4.78, 5) is 51.4. The maximum atomic E-state index is 13.0. The lowest BCUT2D eigenvalue weighted by atomic mass is 9.98. The van der Waals surface area contributed by atoms with Gasteiger partial charge in [-0.2, -0.15) is 0 Å². The molecule has 2 aromatic carbocycles. The summed E-state index contributed by atoms with van der Waals surface area (Å²) in [5.41, 5.74) is 3.22. The first-order chi connectivity index (χ1) is 19.2. The Labute approximate surface area is 242 Å². The van der Waals surface area contributed by atoms with Gasteiger partial charge in [0.15, 0.2) is 0 Å². The summed E-state index contributed by atoms with van der Waals surface area (Å²) >= 11 is 0. The Morgan fingerprint density at radius 2 is 1.20 bits per heavy atom. The van der Waals surface area contributed by atoms with Gasteiger partial charge in [-0.25, -0.2) is 4.79 Å². The van der Waals surface area contributed by atoms with Crippen molar-refractivity contribution in [1.29, 1.82) is 0 Å². The van der Waals surface area contributed by atoms with E-state index in [0.717, 1.165) is 22.3 Å². The molecule has 222 valence electrons. The van der Waals surface area contributed by atoms with Crippen molar-refractivity contribution in [2.45, 2.75) is 77.9 Å². The molecule has 0 saturated carbocycles. The standard InChI is InChI=1S/C32H42N2O7/c1-31(2,3)40-28(36)16-19-34(20-17-29(37)41-32(4,5)6)27(35)15-18-33-30(38)39-21-26-24-13-9-7-11-22(24)23-12-8-10-14-25(23)26/h7-14,26H,15-21H2,1-6H3,(H,33,38). The third-order valence-electron chi connectivity index (χ3n) is 6.32. The van der Waals surface area contributed by atoms with Gasteiger partial charge >= 0.3 is 18.0 Å². The number of carbonyl (C=O) groups is 4. The van der Waals surface area contributed by atoms with E-state index in [-0.39, 0.29) is 57.3 Å². The molecular formula is C32H42N2O7. The van der Waals surface area contributed by atoms with Gasteiger partial charge in [-0.05, 0) is 63.8 Å². The van der Waals surface area contributed by atoms with Crippen LogP contribution < -0.4 is 5.32 Å². The average molecular weight is 567 g/mol. The molecule has 1 N–H and O–H groups in total. The van der Waals surface area contributed by atoms with E-state index in [1.165, 1.54) is 4.90 Å². The largest absolute Gasteiger partial charge is 0.460 e. The van der Waals surface area contributed by atoms with Crippen LogP contribution in [0.2, 0.25) is 0 Å². The molecule has 2 aromatic rings. The highest BCUT2D eigenvalue weighted by molar-refractivity contribution is 5.80. The minimum Gasteiger partial charge on any atom is -0.460 e. The number of alkyl carbamates (subject to hydrolysis) is 1. The van der Waals surface area contributed by atoms with E-state index in [4.69, 9.17) is 14.2 Å². The molecule has 0 heterocycles. The number of nitrogens with zero attached hydrogens (tertiary/aromatic N) is 1. The lowest BCUT2D eigenvalue weighted by Gasteiger charge is -2.25. The maximum absolute atomic E-state index is 13.0. The third kappa shape index (κ3) is 9.92. The SMILES string of the molecule is CC(C)(C)OC(=O)CCN(CCC(=O)OC(C)(C)C)C(=O)CCNC(=O)OCC1c2ccccc2-c2ccccc21. The Morgan fingerprint density at radius 1 is 0.732 bits per heavy atom. The summed E-state index contributed by atoms with van der Waals surface area (Å²) < 4.78 is 16.2. The molecule has 0 unspecified atom stereocenters. The predicted octanol–water partition coefficient (Wildman–Crippen LogP) is 5.21. The molecule has 9 heteroatoms. The van der Waals surface area contributed by atoms with Gasteiger partial charge in [-0.15, -0.1) is 0 Å². The van der Waals surface area contributed by atoms with Crippen LogP contribution in [0, 0.1) is 0 Å². The number of ether oxygens (including phenoxy) is 3. The van der Waals surface area contributed by atoms with Crippen LogP contribution in [-0.2, 0) is 28.6 Å². The number of rotatable bonds is 11. The molecule has 0 bridgehead atoms. The van der Waals surface area contributed by atoms with Crippen LogP contribution in [0.3, 0.4) is 0 Å². The van der Waals surface area contributed by atoms with Crippen LogP contribution in [-0.4, -0.2) is 66.3 Å². The predicted molar refractivity (Wildman–Crippen MR) is 155 cm³/mol. The first-order valence-electron chi connectivity index (χ1n) is 14.0. The van der Waals surface area contributed by atoms with Gasteiger partial charge < -0.3 is 24.4 Å². The van der Waals surface area contributed by atoms with E-state index < -0.39 is 29.2 Å². The summed E-state index contributed by atoms with van der Waals surface area (Å²) in [5, 5.41) is 2.64. The Morgan fingerprint density at radius 3 is 1.66 bits per heavy atom. The Kier molecular flexibility index (Phi) is 10.5. The van der Waals surface area contributed by atoms with Crippen molar-refractivity contribution in [1.82, 2.24) is 10.2 Å². The van der Waals surface area contributed by atoms with E-state index >= 15 is 0 Å². The van der Waals surface area contributed by atoms with Crippen molar-refractivity contribution in [3.63, 3.8) is 0 Å². The van der Waals surface area contributed by atoms with Crippen molar-refractivity contribution in [3.05, 3.63) is 59.7 Å². The third-order valence-corrected chi connectivity index (χ3v) is 6.32. The molecule has 0 aromatic heterocycles. The first-order valence-corrected chi connectivity index (χ1v) is 14.0. The lowest BCUT2D eigenvalue weighted by Crippen LogP contribution is -2.38. The summed E-state index contributed by atoms with van der Waals surface area (Å²) in [6, 6.07) is 16.2. The normalized spacial score (nSPS) is 12.6. The van der Waals surface area contributed by atoms with Crippen LogP contribution >= 0.6 is 0 Å². The van der Waals surface area contributed by atoms with E-state index in [9.17, 15) is 19.2 Å². The number of hydrogen-bond donors (Lipinski definition) is 1. The molecule has 0 spiro atoms. The molecule has 0 radical (unpaired) electrons. The second-order valence-electron chi connectivity index (χ2n) is 12.1. The molecule has 0 saturated heterocycles. The second-order valence-corrected chi connectivity index (χ2v) is 12.1. The highest BCUT2D eigenvalue weighted by atomic mass is 16.6. The Bertz CT molecular complexity index is 1170. The number of fused-ring (bicyclic) bond motifs is 3. The molecular weight excluding hydrogens is 524 g/mol. The minimum absolute atomic E-state index is 0.0167. The van der Waals surface area contributed by atoms with Gasteiger partial charge in [0.2, 0.25) is 5.91 Å². The van der Waals surface area contributed by atoms with Crippen molar-refractivity contribution >= 4 is 23.9 Å². The van der Waals surface area contributed by atoms with Gasteiger partial charge in [0.05, 0.1) is 12.8 Å². The molecule has 1 aliphatic carbocycles.